The maximum absolute atomic E-state index is 9.86. The summed E-state index contributed by atoms with van der Waals surface area (Å²) in [6.07, 6.45) is 0.649. The maximum Gasteiger partial charge on any atom is 0.186 e. The molecule has 140 valence electrons. The van der Waals surface area contributed by atoms with Crippen LogP contribution in [0.1, 0.15) is 52.4 Å². The second-order valence-electron chi connectivity index (χ2n) is 5.88. The Labute approximate surface area is 138 Å². The van der Waals surface area contributed by atoms with E-state index in [0.29, 0.717) is 12.8 Å². The molecule has 7 nitrogen and oxygen atoms in total. The van der Waals surface area contributed by atoms with Crippen LogP contribution in [-0.4, -0.2) is 76.1 Å². The van der Waals surface area contributed by atoms with Crippen LogP contribution in [0.4, 0.5) is 0 Å². The molecule has 0 radical (unpaired) electrons. The Morgan fingerprint density at radius 3 is 2.13 bits per heavy atom. The highest BCUT2D eigenvalue weighted by molar-refractivity contribution is 4.68. The van der Waals surface area contributed by atoms with Crippen LogP contribution in [0.15, 0.2) is 0 Å². The summed E-state index contributed by atoms with van der Waals surface area (Å²) in [6, 6.07) is 0. The summed E-state index contributed by atoms with van der Waals surface area (Å²) in [5, 5.41) is 47.1. The lowest BCUT2D eigenvalue weighted by Gasteiger charge is -2.28. The minimum absolute atomic E-state index is 0.147. The molecule has 0 fully saturated rings. The molecule has 5 N–H and O–H groups in total. The molecule has 0 heterocycles. The van der Waals surface area contributed by atoms with Crippen LogP contribution in [-0.2, 0) is 9.47 Å². The van der Waals surface area contributed by atoms with Crippen LogP contribution >= 0.6 is 0 Å². The zero-order valence-corrected chi connectivity index (χ0v) is 14.3. The Bertz CT molecular complexity index is 263. The Balaban J connectivity index is 4.14. The number of aliphatic hydroxyl groups is 5. The highest BCUT2D eigenvalue weighted by Gasteiger charge is 2.26. The molecule has 0 amide bonds. The van der Waals surface area contributed by atoms with E-state index in [2.05, 4.69) is 6.92 Å². The summed E-state index contributed by atoms with van der Waals surface area (Å²) in [6.45, 7) is 2.72. The van der Waals surface area contributed by atoms with Crippen molar-refractivity contribution in [3.05, 3.63) is 0 Å². The molecular weight excluding hydrogens is 304 g/mol. The zero-order valence-electron chi connectivity index (χ0n) is 14.3. The molecule has 0 spiro atoms. The average Bonchev–Trinajstić information content (AvgIpc) is 2.53. The molecule has 0 aromatic carbocycles. The number of unbranched alkanes of at least 4 members (excludes halogenated alkanes) is 3. The molecule has 0 saturated heterocycles. The molecule has 0 aliphatic heterocycles. The van der Waals surface area contributed by atoms with E-state index in [1.165, 1.54) is 6.92 Å². The fourth-order valence-electron chi connectivity index (χ4n) is 2.08. The van der Waals surface area contributed by atoms with Crippen molar-refractivity contribution < 1.29 is 35.0 Å². The molecule has 23 heavy (non-hydrogen) atoms. The van der Waals surface area contributed by atoms with Gasteiger partial charge in [-0.2, -0.15) is 0 Å². The fourth-order valence-corrected chi connectivity index (χ4v) is 2.08. The van der Waals surface area contributed by atoms with Crippen molar-refractivity contribution in [3.8, 4) is 0 Å². The van der Waals surface area contributed by atoms with Crippen LogP contribution in [0.5, 0.6) is 0 Å². The highest BCUT2D eigenvalue weighted by Crippen LogP contribution is 2.12. The van der Waals surface area contributed by atoms with Gasteiger partial charge in [0.2, 0.25) is 0 Å². The predicted molar refractivity (Wildman–Crippen MR) is 85.9 cm³/mol. The summed E-state index contributed by atoms with van der Waals surface area (Å²) in [5.74, 6) is 0. The van der Waals surface area contributed by atoms with Crippen LogP contribution < -0.4 is 0 Å². The SMILES string of the molecule is CCCCCCC(O)CCOC(OC(CO)C(C)O)C(O)CO. The molecule has 0 aromatic rings. The van der Waals surface area contributed by atoms with Gasteiger partial charge in [-0.05, 0) is 19.8 Å². The van der Waals surface area contributed by atoms with Crippen LogP contribution in [0.3, 0.4) is 0 Å². The third-order valence-electron chi connectivity index (χ3n) is 3.65. The van der Waals surface area contributed by atoms with Gasteiger partial charge in [-0.3, -0.25) is 0 Å². The third kappa shape index (κ3) is 11.0. The van der Waals surface area contributed by atoms with E-state index in [-0.39, 0.29) is 6.61 Å². The zero-order chi connectivity index (χ0) is 17.7. The highest BCUT2D eigenvalue weighted by atomic mass is 16.7. The topological polar surface area (TPSA) is 120 Å². The number of hydrogen-bond acceptors (Lipinski definition) is 7. The Morgan fingerprint density at radius 2 is 1.61 bits per heavy atom. The normalized spacial score (nSPS) is 18.4. The lowest BCUT2D eigenvalue weighted by Crippen LogP contribution is -2.42. The van der Waals surface area contributed by atoms with Crippen molar-refractivity contribution >= 4 is 0 Å². The molecule has 0 rings (SSSR count). The molecule has 0 aliphatic rings. The Hall–Kier alpha value is -0.280. The van der Waals surface area contributed by atoms with E-state index in [9.17, 15) is 15.3 Å². The number of ether oxygens (including phenoxy) is 2. The summed E-state index contributed by atoms with van der Waals surface area (Å²) in [4.78, 5) is 0. The van der Waals surface area contributed by atoms with Crippen molar-refractivity contribution in [1.82, 2.24) is 0 Å². The standard InChI is InChI=1S/C16H34O7/c1-3-4-5-6-7-13(20)8-9-22-16(14(21)10-17)23-15(11-18)12(2)19/h12-21H,3-11H2,1-2H3. The van der Waals surface area contributed by atoms with Crippen molar-refractivity contribution in [1.29, 1.82) is 0 Å². The van der Waals surface area contributed by atoms with Crippen molar-refractivity contribution in [3.63, 3.8) is 0 Å². The van der Waals surface area contributed by atoms with Gasteiger partial charge in [0, 0.05) is 0 Å². The molecule has 0 aliphatic carbocycles. The first kappa shape index (κ1) is 22.7. The van der Waals surface area contributed by atoms with Crippen molar-refractivity contribution in [2.75, 3.05) is 19.8 Å². The minimum Gasteiger partial charge on any atom is -0.394 e. The van der Waals surface area contributed by atoms with Gasteiger partial charge in [0.25, 0.3) is 0 Å². The first-order valence-electron chi connectivity index (χ1n) is 8.49. The minimum atomic E-state index is -1.29. The van der Waals surface area contributed by atoms with E-state index in [0.717, 1.165) is 25.7 Å². The molecule has 0 saturated carbocycles. The molecular formula is C16H34O7. The molecule has 0 aromatic heterocycles. The quantitative estimate of drug-likeness (QED) is 0.213. The summed E-state index contributed by atoms with van der Waals surface area (Å²) in [5.41, 5.74) is 0. The predicted octanol–water partition coefficient (Wildman–Crippen LogP) is 0.162. The van der Waals surface area contributed by atoms with Crippen LogP contribution in [0.2, 0.25) is 0 Å². The van der Waals surface area contributed by atoms with Crippen molar-refractivity contribution in [2.45, 2.75) is 83.1 Å². The summed E-state index contributed by atoms with van der Waals surface area (Å²) >= 11 is 0. The van der Waals surface area contributed by atoms with Gasteiger partial charge < -0.3 is 35.0 Å². The monoisotopic (exact) mass is 338 g/mol. The second-order valence-corrected chi connectivity index (χ2v) is 5.88. The van der Waals surface area contributed by atoms with E-state index in [4.69, 9.17) is 19.7 Å². The van der Waals surface area contributed by atoms with Gasteiger partial charge in [-0.15, -0.1) is 0 Å². The van der Waals surface area contributed by atoms with Gasteiger partial charge in [-0.25, -0.2) is 0 Å². The maximum atomic E-state index is 9.86. The number of hydrogen-bond donors (Lipinski definition) is 5. The van der Waals surface area contributed by atoms with E-state index in [1.54, 1.807) is 0 Å². The van der Waals surface area contributed by atoms with Gasteiger partial charge in [-0.1, -0.05) is 32.6 Å². The van der Waals surface area contributed by atoms with Crippen LogP contribution in [0.25, 0.3) is 0 Å². The smallest absolute Gasteiger partial charge is 0.186 e. The average molecular weight is 338 g/mol. The first-order chi connectivity index (χ1) is 11.0. The van der Waals surface area contributed by atoms with Gasteiger partial charge in [0.05, 0.1) is 32.0 Å². The van der Waals surface area contributed by atoms with E-state index < -0.39 is 43.9 Å². The Morgan fingerprint density at radius 1 is 0.913 bits per heavy atom. The molecule has 0 bridgehead atoms. The largest absolute Gasteiger partial charge is 0.394 e. The van der Waals surface area contributed by atoms with Gasteiger partial charge in [0.1, 0.15) is 12.2 Å². The number of aliphatic hydroxyl groups excluding tert-OH is 5. The van der Waals surface area contributed by atoms with E-state index >= 15 is 0 Å². The summed E-state index contributed by atoms with van der Waals surface area (Å²) < 4.78 is 10.7. The summed E-state index contributed by atoms with van der Waals surface area (Å²) in [7, 11) is 0. The number of rotatable bonds is 15. The molecule has 5 unspecified atom stereocenters. The van der Waals surface area contributed by atoms with Gasteiger partial charge >= 0.3 is 0 Å². The van der Waals surface area contributed by atoms with Crippen molar-refractivity contribution in [2.24, 2.45) is 0 Å². The Kier molecular flexibility index (Phi) is 13.9. The molecule has 7 heteroatoms. The molecule has 5 atom stereocenters. The van der Waals surface area contributed by atoms with Gasteiger partial charge in [0.15, 0.2) is 6.29 Å². The first-order valence-corrected chi connectivity index (χ1v) is 8.49. The fraction of sp³-hybridized carbons (Fsp3) is 1.00. The van der Waals surface area contributed by atoms with Crippen LogP contribution in [0, 0.1) is 0 Å². The third-order valence-corrected chi connectivity index (χ3v) is 3.65. The second kappa shape index (κ2) is 14.1. The lowest BCUT2D eigenvalue weighted by atomic mass is 10.1. The van der Waals surface area contributed by atoms with E-state index in [1.807, 2.05) is 0 Å². The lowest BCUT2D eigenvalue weighted by molar-refractivity contribution is -0.241.